The Kier molecular flexibility index (Phi) is 4.53. The van der Waals surface area contributed by atoms with Crippen LogP contribution in [0.4, 0.5) is 0 Å². The van der Waals surface area contributed by atoms with Gasteiger partial charge in [0.1, 0.15) is 10.6 Å². The van der Waals surface area contributed by atoms with Crippen LogP contribution in [0.1, 0.15) is 24.8 Å². The molecule has 2 rings (SSSR count). The summed E-state index contributed by atoms with van der Waals surface area (Å²) in [6.45, 7) is 0. The van der Waals surface area contributed by atoms with E-state index in [9.17, 15) is 13.2 Å². The first kappa shape index (κ1) is 15.8. The Balaban J connectivity index is 2.19. The zero-order valence-electron chi connectivity index (χ0n) is 12.2. The predicted molar refractivity (Wildman–Crippen MR) is 78.5 cm³/mol. The highest BCUT2D eigenvalue weighted by atomic mass is 32.2. The van der Waals surface area contributed by atoms with Crippen molar-refractivity contribution in [3.8, 4) is 5.75 Å². The van der Waals surface area contributed by atoms with E-state index in [-0.39, 0.29) is 23.0 Å². The van der Waals surface area contributed by atoms with E-state index in [1.54, 1.807) is 18.0 Å². The number of primary sulfonamides is 1. The second kappa shape index (κ2) is 6.03. The Labute approximate surface area is 124 Å². The molecule has 2 N–H and O–H groups in total. The van der Waals surface area contributed by atoms with Gasteiger partial charge in [-0.3, -0.25) is 4.79 Å². The molecule has 6 nitrogen and oxygen atoms in total. The van der Waals surface area contributed by atoms with Gasteiger partial charge in [-0.25, -0.2) is 13.6 Å². The van der Waals surface area contributed by atoms with Crippen LogP contribution in [0.25, 0.3) is 0 Å². The topological polar surface area (TPSA) is 89.7 Å². The van der Waals surface area contributed by atoms with Crippen LogP contribution in [0.2, 0.25) is 0 Å². The van der Waals surface area contributed by atoms with Gasteiger partial charge in [0.25, 0.3) is 0 Å². The number of carbonyl (C=O) groups excluding carboxylic acids is 1. The fraction of sp³-hybridized carbons (Fsp3) is 0.500. The quantitative estimate of drug-likeness (QED) is 0.874. The molecule has 0 bridgehead atoms. The Morgan fingerprint density at radius 3 is 2.57 bits per heavy atom. The lowest BCUT2D eigenvalue weighted by molar-refractivity contribution is -0.132. The molecule has 1 amide bonds. The second-order valence-corrected chi connectivity index (χ2v) is 6.83. The van der Waals surface area contributed by atoms with Gasteiger partial charge in [0, 0.05) is 13.1 Å². The van der Waals surface area contributed by atoms with Gasteiger partial charge < -0.3 is 9.64 Å². The number of carbonyl (C=O) groups is 1. The highest BCUT2D eigenvalue weighted by molar-refractivity contribution is 7.89. The Bertz CT molecular complexity index is 638. The summed E-state index contributed by atoms with van der Waals surface area (Å²) in [5, 5.41) is 5.17. The van der Waals surface area contributed by atoms with Gasteiger partial charge >= 0.3 is 0 Å². The molecule has 1 aliphatic rings. The molecule has 1 aromatic carbocycles. The SMILES string of the molecule is COc1ccc(CC(=O)N(C)C2CCC2)cc1S(N)(=O)=O. The molecule has 1 saturated carbocycles. The molecule has 0 heterocycles. The average molecular weight is 312 g/mol. The third-order valence-corrected chi connectivity index (χ3v) is 4.84. The van der Waals surface area contributed by atoms with Crippen molar-refractivity contribution in [3.63, 3.8) is 0 Å². The van der Waals surface area contributed by atoms with Crippen LogP contribution >= 0.6 is 0 Å². The lowest BCUT2D eigenvalue weighted by Gasteiger charge is -2.34. The number of benzene rings is 1. The molecular weight excluding hydrogens is 292 g/mol. The minimum Gasteiger partial charge on any atom is -0.495 e. The molecule has 0 unspecified atom stereocenters. The first-order chi connectivity index (χ1) is 9.82. The Hall–Kier alpha value is -1.60. The van der Waals surface area contributed by atoms with Gasteiger partial charge in [0.05, 0.1) is 13.5 Å². The summed E-state index contributed by atoms with van der Waals surface area (Å²) in [5.41, 5.74) is 0.607. The zero-order chi connectivity index (χ0) is 15.6. The number of nitrogens with zero attached hydrogens (tertiary/aromatic N) is 1. The number of amides is 1. The predicted octanol–water partition coefficient (Wildman–Crippen LogP) is 0.896. The zero-order valence-corrected chi connectivity index (χ0v) is 13.0. The first-order valence-corrected chi connectivity index (χ1v) is 8.33. The number of rotatable bonds is 5. The van der Waals surface area contributed by atoms with Gasteiger partial charge in [0.2, 0.25) is 15.9 Å². The average Bonchev–Trinajstić information content (AvgIpc) is 2.35. The molecule has 0 radical (unpaired) electrons. The van der Waals surface area contributed by atoms with E-state index in [2.05, 4.69) is 0 Å². The molecule has 1 fully saturated rings. The van der Waals surface area contributed by atoms with Crippen molar-refractivity contribution in [2.24, 2.45) is 5.14 Å². The number of likely N-dealkylation sites (N-methyl/N-ethyl adjacent to an activating group) is 1. The van der Waals surface area contributed by atoms with Crippen molar-refractivity contribution in [1.82, 2.24) is 4.90 Å². The summed E-state index contributed by atoms with van der Waals surface area (Å²) < 4.78 is 28.1. The molecule has 0 aromatic heterocycles. The van der Waals surface area contributed by atoms with Gasteiger partial charge in [-0.1, -0.05) is 6.07 Å². The number of sulfonamides is 1. The van der Waals surface area contributed by atoms with E-state index < -0.39 is 10.0 Å². The molecule has 21 heavy (non-hydrogen) atoms. The van der Waals surface area contributed by atoms with Crippen molar-refractivity contribution in [1.29, 1.82) is 0 Å². The lowest BCUT2D eigenvalue weighted by atomic mass is 9.91. The second-order valence-electron chi connectivity index (χ2n) is 5.30. The summed E-state index contributed by atoms with van der Waals surface area (Å²) in [7, 11) is -0.722. The third kappa shape index (κ3) is 3.54. The van der Waals surface area contributed by atoms with Crippen LogP contribution < -0.4 is 9.88 Å². The normalized spacial score (nSPS) is 15.4. The van der Waals surface area contributed by atoms with E-state index >= 15 is 0 Å². The Morgan fingerprint density at radius 1 is 1.43 bits per heavy atom. The maximum atomic E-state index is 12.2. The molecule has 0 atom stereocenters. The molecule has 1 aliphatic carbocycles. The van der Waals surface area contributed by atoms with Gasteiger partial charge in [-0.05, 0) is 37.0 Å². The van der Waals surface area contributed by atoms with E-state index in [0.29, 0.717) is 11.6 Å². The van der Waals surface area contributed by atoms with Crippen molar-refractivity contribution in [2.75, 3.05) is 14.2 Å². The molecule has 0 aliphatic heterocycles. The largest absolute Gasteiger partial charge is 0.495 e. The summed E-state index contributed by atoms with van der Waals surface area (Å²) in [6, 6.07) is 4.92. The standard InChI is InChI=1S/C14H20N2O4S/c1-16(11-4-3-5-11)14(17)9-10-6-7-12(20-2)13(8-10)21(15,18)19/h6-8,11H,3-5,9H2,1-2H3,(H2,15,18,19). The van der Waals surface area contributed by atoms with E-state index in [4.69, 9.17) is 9.88 Å². The fourth-order valence-electron chi connectivity index (χ4n) is 2.33. The van der Waals surface area contributed by atoms with Crippen LogP contribution in [-0.4, -0.2) is 39.4 Å². The number of nitrogens with two attached hydrogens (primary N) is 1. The molecule has 7 heteroatoms. The van der Waals surface area contributed by atoms with Crippen LogP contribution in [-0.2, 0) is 21.2 Å². The molecule has 1 aromatic rings. The number of hydrogen-bond acceptors (Lipinski definition) is 4. The van der Waals surface area contributed by atoms with Crippen LogP contribution in [0, 0.1) is 0 Å². The van der Waals surface area contributed by atoms with Crippen molar-refractivity contribution in [2.45, 2.75) is 36.6 Å². The molecule has 0 saturated heterocycles. The number of hydrogen-bond donors (Lipinski definition) is 1. The fourth-order valence-corrected chi connectivity index (χ4v) is 3.08. The van der Waals surface area contributed by atoms with Crippen LogP contribution in [0.15, 0.2) is 23.1 Å². The van der Waals surface area contributed by atoms with Gasteiger partial charge in [-0.15, -0.1) is 0 Å². The maximum absolute atomic E-state index is 12.2. The summed E-state index contributed by atoms with van der Waals surface area (Å²) in [5.74, 6) is 0.159. The highest BCUT2D eigenvalue weighted by Gasteiger charge is 2.26. The third-order valence-electron chi connectivity index (χ3n) is 3.91. The Morgan fingerprint density at radius 2 is 2.10 bits per heavy atom. The van der Waals surface area contributed by atoms with E-state index in [1.165, 1.54) is 19.2 Å². The van der Waals surface area contributed by atoms with Gasteiger partial charge in [0.15, 0.2) is 0 Å². The maximum Gasteiger partial charge on any atom is 0.241 e. The molecule has 0 spiro atoms. The minimum atomic E-state index is -3.88. The summed E-state index contributed by atoms with van der Waals surface area (Å²) in [4.78, 5) is 13.8. The monoisotopic (exact) mass is 312 g/mol. The summed E-state index contributed by atoms with van der Waals surface area (Å²) >= 11 is 0. The van der Waals surface area contributed by atoms with Crippen molar-refractivity contribution < 1.29 is 17.9 Å². The van der Waals surface area contributed by atoms with Crippen LogP contribution in [0.5, 0.6) is 5.75 Å². The van der Waals surface area contributed by atoms with Crippen molar-refractivity contribution >= 4 is 15.9 Å². The van der Waals surface area contributed by atoms with E-state index in [1.807, 2.05) is 0 Å². The molecular formula is C14H20N2O4S. The van der Waals surface area contributed by atoms with Crippen molar-refractivity contribution in [3.05, 3.63) is 23.8 Å². The lowest BCUT2D eigenvalue weighted by Crippen LogP contribution is -2.42. The van der Waals surface area contributed by atoms with Crippen LogP contribution in [0.3, 0.4) is 0 Å². The molecule has 116 valence electrons. The number of ether oxygens (including phenoxy) is 1. The minimum absolute atomic E-state index is 0.0229. The highest BCUT2D eigenvalue weighted by Crippen LogP contribution is 2.26. The van der Waals surface area contributed by atoms with E-state index in [0.717, 1.165) is 19.3 Å². The smallest absolute Gasteiger partial charge is 0.241 e. The van der Waals surface area contributed by atoms with Gasteiger partial charge in [-0.2, -0.15) is 0 Å². The number of methoxy groups -OCH3 is 1. The first-order valence-electron chi connectivity index (χ1n) is 6.78. The summed E-state index contributed by atoms with van der Waals surface area (Å²) in [6.07, 6.45) is 3.38.